The molecule has 1 aromatic carbocycles. The van der Waals surface area contributed by atoms with Crippen LogP contribution in [0.5, 0.6) is 11.6 Å². The Morgan fingerprint density at radius 2 is 2.19 bits per heavy atom. The zero-order valence-corrected chi connectivity index (χ0v) is 16.0. The smallest absolute Gasteiger partial charge is 0.257 e. The molecule has 27 heavy (non-hydrogen) atoms. The number of aliphatic hydroxyl groups excluding tert-OH is 1. The maximum atomic E-state index is 13.7. The number of aromatic nitrogens is 1. The molecule has 144 valence electrons. The van der Waals surface area contributed by atoms with E-state index in [4.69, 9.17) is 4.74 Å². The van der Waals surface area contributed by atoms with Gasteiger partial charge in [-0.15, -0.1) is 11.8 Å². The molecule has 1 aliphatic rings. The Morgan fingerprint density at radius 3 is 2.96 bits per heavy atom. The van der Waals surface area contributed by atoms with Gasteiger partial charge in [-0.2, -0.15) is 0 Å². The van der Waals surface area contributed by atoms with Gasteiger partial charge in [0, 0.05) is 23.5 Å². The number of halogens is 1. The molecule has 1 fully saturated rings. The highest BCUT2D eigenvalue weighted by Gasteiger charge is 2.27. The molecule has 1 aromatic heterocycles. The molecule has 0 saturated heterocycles. The third kappa shape index (κ3) is 4.99. The Morgan fingerprint density at radius 1 is 1.37 bits per heavy atom. The summed E-state index contributed by atoms with van der Waals surface area (Å²) >= 11 is 1.57. The lowest BCUT2D eigenvalue weighted by Crippen LogP contribution is -2.43. The molecule has 1 saturated carbocycles. The Kier molecular flexibility index (Phi) is 6.68. The number of hydrogen-bond donors (Lipinski definition) is 2. The molecule has 0 bridgehead atoms. The first-order valence-electron chi connectivity index (χ1n) is 9.00. The van der Waals surface area contributed by atoms with Crippen LogP contribution < -0.4 is 10.1 Å². The molecule has 5 nitrogen and oxygen atoms in total. The summed E-state index contributed by atoms with van der Waals surface area (Å²) in [6.07, 6.45) is 6.68. The van der Waals surface area contributed by atoms with Gasteiger partial charge in [-0.1, -0.05) is 18.9 Å². The van der Waals surface area contributed by atoms with E-state index in [0.717, 1.165) is 42.8 Å². The summed E-state index contributed by atoms with van der Waals surface area (Å²) in [5.41, 5.74) is 0.0480. The number of aliphatic hydroxyl groups is 1. The molecule has 2 atom stereocenters. The summed E-state index contributed by atoms with van der Waals surface area (Å²) < 4.78 is 19.5. The Bertz CT molecular complexity index is 803. The minimum atomic E-state index is -0.604. The van der Waals surface area contributed by atoms with Crippen LogP contribution in [0.2, 0.25) is 0 Å². The van der Waals surface area contributed by atoms with Crippen molar-refractivity contribution in [1.29, 1.82) is 0 Å². The van der Waals surface area contributed by atoms with Gasteiger partial charge >= 0.3 is 0 Å². The number of ether oxygens (including phenoxy) is 1. The van der Waals surface area contributed by atoms with E-state index in [-0.39, 0.29) is 30.0 Å². The van der Waals surface area contributed by atoms with Gasteiger partial charge in [0.05, 0.1) is 6.20 Å². The maximum absolute atomic E-state index is 13.7. The van der Waals surface area contributed by atoms with Gasteiger partial charge in [0.25, 0.3) is 5.91 Å². The van der Waals surface area contributed by atoms with E-state index >= 15 is 0 Å². The van der Waals surface area contributed by atoms with Crippen molar-refractivity contribution in [3.8, 4) is 11.6 Å². The number of thioether (sulfide) groups is 1. The van der Waals surface area contributed by atoms with Crippen molar-refractivity contribution in [2.45, 2.75) is 36.6 Å². The number of carbonyl (C=O) groups is 1. The van der Waals surface area contributed by atoms with Crippen LogP contribution in [-0.2, 0) is 0 Å². The predicted octanol–water partition coefficient (Wildman–Crippen LogP) is 4.02. The third-order valence-electron chi connectivity index (χ3n) is 4.78. The SMILES string of the molecule is CSc1cccc(Oc2ncc(F)cc2C(=O)N[C@@H]2CCCC[C@@H]2CO)c1. The zero-order valence-electron chi connectivity index (χ0n) is 15.2. The van der Waals surface area contributed by atoms with Crippen LogP contribution in [0.4, 0.5) is 4.39 Å². The highest BCUT2D eigenvalue weighted by molar-refractivity contribution is 7.98. The van der Waals surface area contributed by atoms with Crippen molar-refractivity contribution < 1.29 is 19.0 Å². The molecule has 7 heteroatoms. The van der Waals surface area contributed by atoms with Gasteiger partial charge in [0.1, 0.15) is 17.1 Å². The number of pyridine rings is 1. The van der Waals surface area contributed by atoms with Crippen molar-refractivity contribution >= 4 is 17.7 Å². The van der Waals surface area contributed by atoms with Crippen molar-refractivity contribution in [2.24, 2.45) is 5.92 Å². The molecule has 2 aromatic rings. The van der Waals surface area contributed by atoms with E-state index in [1.165, 1.54) is 0 Å². The topological polar surface area (TPSA) is 71.5 Å². The average Bonchev–Trinajstić information content (AvgIpc) is 2.70. The second-order valence-electron chi connectivity index (χ2n) is 6.59. The number of rotatable bonds is 6. The van der Waals surface area contributed by atoms with Gasteiger partial charge < -0.3 is 15.2 Å². The molecule has 0 spiro atoms. The summed E-state index contributed by atoms with van der Waals surface area (Å²) in [6, 6.07) is 8.38. The molecular weight excluding hydrogens is 367 g/mol. The van der Waals surface area contributed by atoms with E-state index in [2.05, 4.69) is 10.3 Å². The first-order valence-corrected chi connectivity index (χ1v) is 10.2. The van der Waals surface area contributed by atoms with Gasteiger partial charge in [-0.3, -0.25) is 4.79 Å². The van der Waals surface area contributed by atoms with E-state index in [1.807, 2.05) is 24.5 Å². The van der Waals surface area contributed by atoms with Crippen LogP contribution in [0.25, 0.3) is 0 Å². The lowest BCUT2D eigenvalue weighted by molar-refractivity contribution is 0.0869. The van der Waals surface area contributed by atoms with E-state index in [9.17, 15) is 14.3 Å². The van der Waals surface area contributed by atoms with Crippen LogP contribution in [0.1, 0.15) is 36.0 Å². The first-order chi connectivity index (χ1) is 13.1. The van der Waals surface area contributed by atoms with Crippen LogP contribution in [0.3, 0.4) is 0 Å². The van der Waals surface area contributed by atoms with E-state index in [1.54, 1.807) is 17.8 Å². The number of amides is 1. The summed E-state index contributed by atoms with van der Waals surface area (Å²) in [6.45, 7) is 0.0250. The van der Waals surface area contributed by atoms with Crippen LogP contribution >= 0.6 is 11.8 Å². The minimum Gasteiger partial charge on any atom is -0.438 e. The third-order valence-corrected chi connectivity index (χ3v) is 5.50. The molecular formula is C20H23FN2O3S. The van der Waals surface area contributed by atoms with Crippen molar-refractivity contribution in [2.75, 3.05) is 12.9 Å². The quantitative estimate of drug-likeness (QED) is 0.729. The van der Waals surface area contributed by atoms with Crippen LogP contribution in [-0.4, -0.2) is 34.9 Å². The number of benzene rings is 1. The van der Waals surface area contributed by atoms with Crippen molar-refractivity contribution in [3.05, 3.63) is 47.9 Å². The second-order valence-corrected chi connectivity index (χ2v) is 7.47. The number of nitrogens with one attached hydrogen (secondary N) is 1. The monoisotopic (exact) mass is 390 g/mol. The van der Waals surface area contributed by atoms with Crippen LogP contribution in [0.15, 0.2) is 41.4 Å². The Labute approximate surface area is 162 Å². The summed E-state index contributed by atoms with van der Waals surface area (Å²) in [5.74, 6) is -0.438. The number of hydrogen-bond acceptors (Lipinski definition) is 5. The first kappa shape index (κ1) is 19.6. The van der Waals surface area contributed by atoms with Crippen molar-refractivity contribution in [3.63, 3.8) is 0 Å². The largest absolute Gasteiger partial charge is 0.438 e. The highest BCUT2D eigenvalue weighted by Crippen LogP contribution is 2.28. The number of nitrogens with zero attached hydrogens (tertiary/aromatic N) is 1. The van der Waals surface area contributed by atoms with Crippen LogP contribution in [0, 0.1) is 11.7 Å². The van der Waals surface area contributed by atoms with E-state index < -0.39 is 11.7 Å². The number of carbonyl (C=O) groups excluding carboxylic acids is 1. The minimum absolute atomic E-state index is 0.0202. The molecule has 1 amide bonds. The summed E-state index contributed by atoms with van der Waals surface area (Å²) in [4.78, 5) is 17.8. The Hall–Kier alpha value is -2.12. The molecule has 3 rings (SSSR count). The lowest BCUT2D eigenvalue weighted by Gasteiger charge is -2.30. The Balaban J connectivity index is 1.81. The van der Waals surface area contributed by atoms with Gasteiger partial charge in [0.15, 0.2) is 0 Å². The molecule has 2 N–H and O–H groups in total. The van der Waals surface area contributed by atoms with E-state index in [0.29, 0.717) is 5.75 Å². The summed E-state index contributed by atoms with van der Waals surface area (Å²) in [7, 11) is 0. The highest BCUT2D eigenvalue weighted by atomic mass is 32.2. The average molecular weight is 390 g/mol. The maximum Gasteiger partial charge on any atom is 0.257 e. The molecule has 1 aliphatic carbocycles. The zero-order chi connectivity index (χ0) is 19.2. The van der Waals surface area contributed by atoms with Gasteiger partial charge in [-0.25, -0.2) is 9.37 Å². The molecule has 1 heterocycles. The fourth-order valence-electron chi connectivity index (χ4n) is 3.31. The lowest BCUT2D eigenvalue weighted by atomic mass is 9.85. The van der Waals surface area contributed by atoms with Gasteiger partial charge in [-0.05, 0) is 43.4 Å². The fourth-order valence-corrected chi connectivity index (χ4v) is 3.76. The van der Waals surface area contributed by atoms with Crippen molar-refractivity contribution in [1.82, 2.24) is 10.3 Å². The second kappa shape index (κ2) is 9.19. The molecule has 0 radical (unpaired) electrons. The normalized spacial score (nSPS) is 19.5. The van der Waals surface area contributed by atoms with Gasteiger partial charge in [0.2, 0.25) is 5.88 Å². The standard InChI is InChI=1S/C20H23FN2O3S/c1-27-16-7-4-6-15(10-16)26-20-17(9-14(21)11-22-20)19(25)23-18-8-3-2-5-13(18)12-24/h4,6-7,9-11,13,18,24H,2-3,5,8,12H2,1H3,(H,23,25)/t13-,18-/m1/s1. The fraction of sp³-hybridized carbons (Fsp3) is 0.400. The summed E-state index contributed by atoms with van der Waals surface area (Å²) in [5, 5.41) is 12.5. The molecule has 0 unspecified atom stereocenters. The predicted molar refractivity (Wildman–Crippen MR) is 103 cm³/mol. The molecule has 0 aliphatic heterocycles.